The minimum Gasteiger partial charge on any atom is -0.494 e. The minimum absolute atomic E-state index is 0.133. The SMILES string of the molecule is CCOc1ccc(S(=O)(=O)N2CCC[C@@H](C(=O)NCCO)C2)cc1C. The fourth-order valence-electron chi connectivity index (χ4n) is 2.95. The smallest absolute Gasteiger partial charge is 0.243 e. The Morgan fingerprint density at radius 1 is 1.44 bits per heavy atom. The van der Waals surface area contributed by atoms with E-state index in [1.54, 1.807) is 18.2 Å². The number of ether oxygens (including phenoxy) is 1. The van der Waals surface area contributed by atoms with Crippen molar-refractivity contribution in [2.45, 2.75) is 31.6 Å². The fraction of sp³-hybridized carbons (Fsp3) is 0.588. The van der Waals surface area contributed by atoms with Gasteiger partial charge in [0.15, 0.2) is 0 Å². The van der Waals surface area contributed by atoms with Crippen molar-refractivity contribution in [3.63, 3.8) is 0 Å². The number of aryl methyl sites for hydroxylation is 1. The number of sulfonamides is 1. The number of piperidine rings is 1. The van der Waals surface area contributed by atoms with Gasteiger partial charge in [-0.05, 0) is 50.5 Å². The molecule has 0 bridgehead atoms. The second-order valence-electron chi connectivity index (χ2n) is 6.08. The molecule has 0 aromatic heterocycles. The van der Waals surface area contributed by atoms with Crippen molar-refractivity contribution in [1.82, 2.24) is 9.62 Å². The predicted molar refractivity (Wildman–Crippen MR) is 93.9 cm³/mol. The lowest BCUT2D eigenvalue weighted by molar-refractivity contribution is -0.126. The molecule has 2 rings (SSSR count). The summed E-state index contributed by atoms with van der Waals surface area (Å²) in [6, 6.07) is 4.82. The summed E-state index contributed by atoms with van der Waals surface area (Å²) in [5.41, 5.74) is 0.761. The third-order valence-electron chi connectivity index (χ3n) is 4.25. The Balaban J connectivity index is 2.15. The second kappa shape index (κ2) is 8.64. The van der Waals surface area contributed by atoms with E-state index in [0.29, 0.717) is 31.7 Å². The molecule has 0 aliphatic carbocycles. The van der Waals surface area contributed by atoms with Crippen molar-refractivity contribution in [2.75, 3.05) is 32.8 Å². The molecule has 0 radical (unpaired) electrons. The number of rotatable bonds is 7. The molecule has 25 heavy (non-hydrogen) atoms. The monoisotopic (exact) mass is 370 g/mol. The first kappa shape index (κ1) is 19.7. The van der Waals surface area contributed by atoms with E-state index >= 15 is 0 Å². The highest BCUT2D eigenvalue weighted by molar-refractivity contribution is 7.89. The standard InChI is InChI=1S/C17H26N2O5S/c1-3-24-16-7-6-15(11-13(16)2)25(22,23)19-9-4-5-14(12-19)17(21)18-8-10-20/h6-7,11,14,20H,3-5,8-10,12H2,1-2H3,(H,18,21)/t14-/m1/s1. The lowest BCUT2D eigenvalue weighted by Crippen LogP contribution is -2.45. The molecule has 1 aliphatic rings. The maximum atomic E-state index is 12.9. The normalized spacial score (nSPS) is 18.8. The first-order chi connectivity index (χ1) is 11.9. The Labute approximate surface area is 149 Å². The molecule has 1 atom stereocenters. The zero-order valence-corrected chi connectivity index (χ0v) is 15.5. The zero-order chi connectivity index (χ0) is 18.4. The average molecular weight is 370 g/mol. The molecule has 1 amide bonds. The van der Waals surface area contributed by atoms with Gasteiger partial charge in [0.2, 0.25) is 15.9 Å². The molecule has 8 heteroatoms. The van der Waals surface area contributed by atoms with Crippen LogP contribution in [0.25, 0.3) is 0 Å². The molecule has 1 aromatic rings. The second-order valence-corrected chi connectivity index (χ2v) is 8.02. The summed E-state index contributed by atoms with van der Waals surface area (Å²) in [6.45, 7) is 4.81. The Hall–Kier alpha value is -1.64. The minimum atomic E-state index is -3.65. The van der Waals surface area contributed by atoms with Crippen molar-refractivity contribution >= 4 is 15.9 Å². The molecule has 7 nitrogen and oxygen atoms in total. The predicted octanol–water partition coefficient (Wildman–Crippen LogP) is 0.903. The van der Waals surface area contributed by atoms with Crippen molar-refractivity contribution < 1.29 is 23.1 Å². The van der Waals surface area contributed by atoms with E-state index in [2.05, 4.69) is 5.32 Å². The molecule has 140 valence electrons. The Bertz CT molecular complexity index is 705. The first-order valence-corrected chi connectivity index (χ1v) is 9.96. The lowest BCUT2D eigenvalue weighted by atomic mass is 9.99. The van der Waals surface area contributed by atoms with E-state index in [-0.39, 0.29) is 36.4 Å². The Kier molecular flexibility index (Phi) is 6.80. The number of amides is 1. The van der Waals surface area contributed by atoms with Crippen molar-refractivity contribution in [2.24, 2.45) is 5.92 Å². The van der Waals surface area contributed by atoms with Gasteiger partial charge in [-0.2, -0.15) is 4.31 Å². The summed E-state index contributed by atoms with van der Waals surface area (Å²) in [6.07, 6.45) is 1.28. The lowest BCUT2D eigenvalue weighted by Gasteiger charge is -2.31. The maximum absolute atomic E-state index is 12.9. The van der Waals surface area contributed by atoms with Crippen LogP contribution < -0.4 is 10.1 Å². The summed E-state index contributed by atoms with van der Waals surface area (Å²) in [7, 11) is -3.65. The summed E-state index contributed by atoms with van der Waals surface area (Å²) >= 11 is 0. The highest BCUT2D eigenvalue weighted by Gasteiger charge is 2.33. The number of aliphatic hydroxyl groups is 1. The number of carbonyl (C=O) groups is 1. The average Bonchev–Trinajstić information content (AvgIpc) is 2.61. The number of aliphatic hydroxyl groups excluding tert-OH is 1. The Morgan fingerprint density at radius 2 is 2.20 bits per heavy atom. The van der Waals surface area contributed by atoms with Crippen LogP contribution in [0.1, 0.15) is 25.3 Å². The molecular formula is C17H26N2O5S. The molecule has 0 spiro atoms. The highest BCUT2D eigenvalue weighted by atomic mass is 32.2. The van der Waals surface area contributed by atoms with E-state index in [4.69, 9.17) is 9.84 Å². The molecule has 1 saturated heterocycles. The first-order valence-electron chi connectivity index (χ1n) is 8.52. The van der Waals surface area contributed by atoms with Crippen molar-refractivity contribution in [3.05, 3.63) is 23.8 Å². The topological polar surface area (TPSA) is 95.9 Å². The number of nitrogens with one attached hydrogen (secondary N) is 1. The van der Waals surface area contributed by atoms with Gasteiger partial charge in [-0.15, -0.1) is 0 Å². The van der Waals surface area contributed by atoms with E-state index in [1.165, 1.54) is 4.31 Å². The van der Waals surface area contributed by atoms with E-state index in [1.807, 2.05) is 13.8 Å². The zero-order valence-electron chi connectivity index (χ0n) is 14.7. The highest BCUT2D eigenvalue weighted by Crippen LogP contribution is 2.27. The largest absolute Gasteiger partial charge is 0.494 e. The third kappa shape index (κ3) is 4.71. The molecule has 1 heterocycles. The molecule has 1 aromatic carbocycles. The van der Waals surface area contributed by atoms with Gasteiger partial charge in [-0.25, -0.2) is 8.42 Å². The number of benzene rings is 1. The van der Waals surface area contributed by atoms with Gasteiger partial charge in [0.25, 0.3) is 0 Å². The number of nitrogens with zero attached hydrogens (tertiary/aromatic N) is 1. The van der Waals surface area contributed by atoms with E-state index in [9.17, 15) is 13.2 Å². The van der Waals surface area contributed by atoms with Gasteiger partial charge in [0.05, 0.1) is 24.0 Å². The van der Waals surface area contributed by atoms with Gasteiger partial charge in [0.1, 0.15) is 5.75 Å². The van der Waals surface area contributed by atoms with Crippen LogP contribution in [-0.2, 0) is 14.8 Å². The van der Waals surface area contributed by atoms with Gasteiger partial charge < -0.3 is 15.2 Å². The summed E-state index contributed by atoms with van der Waals surface area (Å²) in [5, 5.41) is 11.4. The van der Waals surface area contributed by atoms with Crippen LogP contribution in [0.2, 0.25) is 0 Å². The van der Waals surface area contributed by atoms with E-state index in [0.717, 1.165) is 5.56 Å². The van der Waals surface area contributed by atoms with Crippen LogP contribution in [0.5, 0.6) is 5.75 Å². The van der Waals surface area contributed by atoms with Gasteiger partial charge >= 0.3 is 0 Å². The van der Waals surface area contributed by atoms with Gasteiger partial charge in [0, 0.05) is 19.6 Å². The Morgan fingerprint density at radius 3 is 2.84 bits per heavy atom. The van der Waals surface area contributed by atoms with Gasteiger partial charge in [-0.1, -0.05) is 0 Å². The number of hydrogen-bond acceptors (Lipinski definition) is 5. The summed E-state index contributed by atoms with van der Waals surface area (Å²) < 4.78 is 32.6. The molecule has 2 N–H and O–H groups in total. The van der Waals surface area contributed by atoms with Crippen LogP contribution in [0, 0.1) is 12.8 Å². The molecule has 1 fully saturated rings. The fourth-order valence-corrected chi connectivity index (χ4v) is 4.56. The van der Waals surface area contributed by atoms with Crippen LogP contribution >= 0.6 is 0 Å². The van der Waals surface area contributed by atoms with Crippen molar-refractivity contribution in [3.8, 4) is 5.75 Å². The van der Waals surface area contributed by atoms with Crippen LogP contribution in [0.4, 0.5) is 0 Å². The molecule has 0 saturated carbocycles. The van der Waals surface area contributed by atoms with Crippen LogP contribution in [0.15, 0.2) is 23.1 Å². The molecule has 1 aliphatic heterocycles. The summed E-state index contributed by atoms with van der Waals surface area (Å²) in [4.78, 5) is 12.3. The quantitative estimate of drug-likeness (QED) is 0.744. The molecule has 0 unspecified atom stereocenters. The number of hydrogen-bond donors (Lipinski definition) is 2. The number of carbonyl (C=O) groups excluding carboxylic acids is 1. The molecular weight excluding hydrogens is 344 g/mol. The van der Waals surface area contributed by atoms with Crippen LogP contribution in [0.3, 0.4) is 0 Å². The van der Waals surface area contributed by atoms with Gasteiger partial charge in [-0.3, -0.25) is 4.79 Å². The maximum Gasteiger partial charge on any atom is 0.243 e. The van der Waals surface area contributed by atoms with Crippen molar-refractivity contribution in [1.29, 1.82) is 0 Å². The van der Waals surface area contributed by atoms with Crippen LogP contribution in [-0.4, -0.2) is 56.6 Å². The van der Waals surface area contributed by atoms with E-state index < -0.39 is 10.0 Å². The summed E-state index contributed by atoms with van der Waals surface area (Å²) in [5.74, 6) is 0.0667. The third-order valence-corrected chi connectivity index (χ3v) is 6.11.